The van der Waals surface area contributed by atoms with E-state index in [0.29, 0.717) is 0 Å². The number of halogens is 2. The lowest BCUT2D eigenvalue weighted by Crippen LogP contribution is -2.55. The molecule has 0 unspecified atom stereocenters. The Hall–Kier alpha value is -1.36. The third kappa shape index (κ3) is 1.63. The zero-order valence-corrected chi connectivity index (χ0v) is 7.87. The number of rotatable bonds is 1. The second-order valence-electron chi connectivity index (χ2n) is 4.07. The zero-order valence-electron chi connectivity index (χ0n) is 7.87. The number of phenols is 2. The number of alkyl halides is 2. The van der Waals surface area contributed by atoms with Crippen LogP contribution in [0.2, 0.25) is 0 Å². The molecule has 15 heavy (non-hydrogen) atoms. The molecule has 1 aromatic carbocycles. The molecule has 2 rings (SSSR count). The van der Waals surface area contributed by atoms with E-state index >= 15 is 0 Å². The highest BCUT2D eigenvalue weighted by atomic mass is 19.3. The van der Waals surface area contributed by atoms with E-state index in [-0.39, 0.29) is 17.1 Å². The second-order valence-corrected chi connectivity index (χ2v) is 4.07. The van der Waals surface area contributed by atoms with E-state index in [4.69, 9.17) is 5.73 Å². The first kappa shape index (κ1) is 10.2. The summed E-state index contributed by atoms with van der Waals surface area (Å²) in [5.41, 5.74) is 4.66. The minimum absolute atomic E-state index is 0.0946. The van der Waals surface area contributed by atoms with Gasteiger partial charge in [-0.3, -0.25) is 0 Å². The summed E-state index contributed by atoms with van der Waals surface area (Å²) in [6, 6.07) is 3.75. The maximum absolute atomic E-state index is 12.7. The highest BCUT2D eigenvalue weighted by Crippen LogP contribution is 2.52. The minimum Gasteiger partial charge on any atom is -0.508 e. The van der Waals surface area contributed by atoms with Gasteiger partial charge in [0, 0.05) is 18.4 Å². The van der Waals surface area contributed by atoms with Crippen LogP contribution in [-0.2, 0) is 5.54 Å². The van der Waals surface area contributed by atoms with Gasteiger partial charge >= 0.3 is 0 Å². The number of phenolic OH excluding ortho intramolecular Hbond substituents is 2. The predicted molar refractivity (Wildman–Crippen MR) is 49.8 cm³/mol. The summed E-state index contributed by atoms with van der Waals surface area (Å²) in [7, 11) is 0. The highest BCUT2D eigenvalue weighted by Gasteiger charge is 2.56. The lowest BCUT2D eigenvalue weighted by atomic mass is 9.69. The fraction of sp³-hybridized carbons (Fsp3) is 0.400. The summed E-state index contributed by atoms with van der Waals surface area (Å²) in [4.78, 5) is 0. The summed E-state index contributed by atoms with van der Waals surface area (Å²) in [5.74, 6) is -3.03. The molecule has 0 spiro atoms. The Labute approximate surface area is 85.1 Å². The molecular weight excluding hydrogens is 204 g/mol. The normalized spacial score (nSPS) is 22.1. The van der Waals surface area contributed by atoms with E-state index in [9.17, 15) is 19.0 Å². The Bertz CT molecular complexity index is 398. The molecule has 3 nitrogen and oxygen atoms in total. The van der Waals surface area contributed by atoms with E-state index < -0.39 is 24.3 Å². The number of hydrogen-bond donors (Lipinski definition) is 3. The molecule has 0 saturated heterocycles. The fourth-order valence-corrected chi connectivity index (χ4v) is 1.98. The molecule has 5 heteroatoms. The van der Waals surface area contributed by atoms with Crippen molar-refractivity contribution in [2.75, 3.05) is 0 Å². The van der Waals surface area contributed by atoms with Crippen LogP contribution in [0.3, 0.4) is 0 Å². The van der Waals surface area contributed by atoms with Crippen molar-refractivity contribution in [2.24, 2.45) is 5.73 Å². The van der Waals surface area contributed by atoms with Gasteiger partial charge in [-0.25, -0.2) is 8.78 Å². The third-order valence-electron chi connectivity index (χ3n) is 2.66. The third-order valence-corrected chi connectivity index (χ3v) is 2.66. The van der Waals surface area contributed by atoms with Crippen molar-refractivity contribution in [3.63, 3.8) is 0 Å². The van der Waals surface area contributed by atoms with Crippen molar-refractivity contribution in [1.82, 2.24) is 0 Å². The molecule has 0 aliphatic heterocycles. The zero-order chi connectivity index (χ0) is 11.3. The molecule has 0 bridgehead atoms. The predicted octanol–water partition coefficient (Wildman–Crippen LogP) is 1.68. The molecule has 0 atom stereocenters. The van der Waals surface area contributed by atoms with Crippen LogP contribution in [-0.4, -0.2) is 16.1 Å². The Balaban J connectivity index is 2.35. The maximum atomic E-state index is 12.7. The lowest BCUT2D eigenvalue weighted by molar-refractivity contribution is -0.125. The van der Waals surface area contributed by atoms with Gasteiger partial charge in [0.15, 0.2) is 0 Å². The van der Waals surface area contributed by atoms with Gasteiger partial charge in [-0.1, -0.05) is 0 Å². The van der Waals surface area contributed by atoms with Gasteiger partial charge < -0.3 is 15.9 Å². The van der Waals surface area contributed by atoms with Crippen molar-refractivity contribution < 1.29 is 19.0 Å². The van der Waals surface area contributed by atoms with Crippen LogP contribution in [0.25, 0.3) is 0 Å². The molecule has 0 heterocycles. The van der Waals surface area contributed by atoms with Gasteiger partial charge in [-0.05, 0) is 18.2 Å². The molecular formula is C10H11F2NO2. The van der Waals surface area contributed by atoms with Crippen molar-refractivity contribution in [3.8, 4) is 11.5 Å². The van der Waals surface area contributed by atoms with Crippen LogP contribution in [0.15, 0.2) is 18.2 Å². The van der Waals surface area contributed by atoms with Crippen LogP contribution < -0.4 is 5.73 Å². The van der Waals surface area contributed by atoms with Crippen molar-refractivity contribution in [1.29, 1.82) is 0 Å². The SMILES string of the molecule is NC1(c2cc(O)ccc2O)CC(F)(F)C1. The number of benzene rings is 1. The first-order valence-corrected chi connectivity index (χ1v) is 4.52. The molecule has 0 radical (unpaired) electrons. The Kier molecular flexibility index (Phi) is 1.91. The van der Waals surface area contributed by atoms with E-state index in [1.807, 2.05) is 0 Å². The van der Waals surface area contributed by atoms with Crippen LogP contribution in [0, 0.1) is 0 Å². The van der Waals surface area contributed by atoms with Gasteiger partial charge in [0.2, 0.25) is 0 Å². The maximum Gasteiger partial charge on any atom is 0.252 e. The highest BCUT2D eigenvalue weighted by molar-refractivity contribution is 5.44. The topological polar surface area (TPSA) is 66.5 Å². The fourth-order valence-electron chi connectivity index (χ4n) is 1.98. The van der Waals surface area contributed by atoms with Gasteiger partial charge in [-0.2, -0.15) is 0 Å². The summed E-state index contributed by atoms with van der Waals surface area (Å²) < 4.78 is 25.5. The summed E-state index contributed by atoms with van der Waals surface area (Å²) in [5, 5.41) is 18.7. The van der Waals surface area contributed by atoms with Crippen LogP contribution in [0.5, 0.6) is 11.5 Å². The average Bonchev–Trinajstić information content (AvgIpc) is 2.05. The molecule has 1 fully saturated rings. The summed E-state index contributed by atoms with van der Waals surface area (Å²) in [6.07, 6.45) is -1.01. The molecule has 1 saturated carbocycles. The second kappa shape index (κ2) is 2.82. The number of aromatic hydroxyl groups is 2. The monoisotopic (exact) mass is 215 g/mol. The van der Waals surface area contributed by atoms with Crippen molar-refractivity contribution in [3.05, 3.63) is 23.8 Å². The van der Waals surface area contributed by atoms with E-state index in [2.05, 4.69) is 0 Å². The summed E-state index contributed by atoms with van der Waals surface area (Å²) in [6.45, 7) is 0. The van der Waals surface area contributed by atoms with E-state index in [1.54, 1.807) is 0 Å². The van der Waals surface area contributed by atoms with Crippen LogP contribution in [0.1, 0.15) is 18.4 Å². The first-order valence-electron chi connectivity index (χ1n) is 4.52. The van der Waals surface area contributed by atoms with Gasteiger partial charge in [0.05, 0.1) is 5.54 Å². The first-order chi connectivity index (χ1) is 6.82. The standard InChI is InChI=1S/C10H11F2NO2/c11-10(12)4-9(13,5-10)7-3-6(14)1-2-8(7)15/h1-3,14-15H,4-5,13H2. The van der Waals surface area contributed by atoms with Crippen molar-refractivity contribution in [2.45, 2.75) is 24.3 Å². The Morgan fingerprint density at radius 3 is 2.33 bits per heavy atom. The molecule has 0 amide bonds. The summed E-state index contributed by atoms with van der Waals surface area (Å²) >= 11 is 0. The Morgan fingerprint density at radius 1 is 1.20 bits per heavy atom. The van der Waals surface area contributed by atoms with E-state index in [0.717, 1.165) is 0 Å². The quantitative estimate of drug-likeness (QED) is 0.624. The smallest absolute Gasteiger partial charge is 0.252 e. The van der Waals surface area contributed by atoms with Crippen LogP contribution >= 0.6 is 0 Å². The van der Waals surface area contributed by atoms with Crippen molar-refractivity contribution >= 4 is 0 Å². The largest absolute Gasteiger partial charge is 0.508 e. The van der Waals surface area contributed by atoms with Gasteiger partial charge in [0.25, 0.3) is 5.92 Å². The van der Waals surface area contributed by atoms with Crippen LogP contribution in [0.4, 0.5) is 8.78 Å². The molecule has 1 aliphatic carbocycles. The molecule has 82 valence electrons. The molecule has 1 aromatic rings. The van der Waals surface area contributed by atoms with Gasteiger partial charge in [-0.15, -0.1) is 0 Å². The minimum atomic E-state index is -2.77. The Morgan fingerprint density at radius 2 is 1.80 bits per heavy atom. The molecule has 1 aliphatic rings. The molecule has 4 N–H and O–H groups in total. The lowest BCUT2D eigenvalue weighted by Gasteiger charge is -2.44. The van der Waals surface area contributed by atoms with Gasteiger partial charge in [0.1, 0.15) is 11.5 Å². The molecule has 0 aromatic heterocycles. The number of hydrogen-bond acceptors (Lipinski definition) is 3. The number of nitrogens with two attached hydrogens (primary N) is 1. The average molecular weight is 215 g/mol. The van der Waals surface area contributed by atoms with E-state index in [1.165, 1.54) is 18.2 Å².